The van der Waals surface area contributed by atoms with E-state index in [4.69, 9.17) is 14.1 Å². The Balaban J connectivity index is 2.54. The number of aromatic nitrogens is 1. The van der Waals surface area contributed by atoms with E-state index in [0.717, 1.165) is 0 Å². The highest BCUT2D eigenvalue weighted by Gasteiger charge is 2.40. The molecule has 2 N–H and O–H groups in total. The molecule has 0 radical (unpaired) electrons. The summed E-state index contributed by atoms with van der Waals surface area (Å²) in [7, 11) is 0.162. The smallest absolute Gasteiger partial charge is 0.493 e. The van der Waals surface area contributed by atoms with Crippen LogP contribution in [0.15, 0.2) is 24.4 Å². The highest BCUT2D eigenvalue weighted by atomic mass is 16.6. The quantitative estimate of drug-likeness (QED) is 0.762. The van der Waals surface area contributed by atoms with Crippen LogP contribution in [-0.4, -0.2) is 51.8 Å². The zero-order chi connectivity index (χ0) is 21.5. The molecule has 154 valence electrons. The van der Waals surface area contributed by atoms with Gasteiger partial charge in [-0.25, -0.2) is 4.79 Å². The third-order valence-corrected chi connectivity index (χ3v) is 4.78. The van der Waals surface area contributed by atoms with Crippen LogP contribution in [0.1, 0.15) is 48.5 Å². The third-order valence-electron chi connectivity index (χ3n) is 4.78. The van der Waals surface area contributed by atoms with Gasteiger partial charge in [0, 0.05) is 17.0 Å². The van der Waals surface area contributed by atoms with Crippen LogP contribution in [0.25, 0.3) is 10.9 Å². The maximum absolute atomic E-state index is 12.7. The predicted molar refractivity (Wildman–Crippen MR) is 109 cm³/mol. The Bertz CT molecular complexity index is 860. The van der Waals surface area contributed by atoms with Crippen molar-refractivity contribution in [3.63, 3.8) is 0 Å². The molecule has 2 rings (SSSR count). The van der Waals surface area contributed by atoms with Crippen LogP contribution in [-0.2, 0) is 9.39 Å². The molecule has 0 aliphatic heterocycles. The Morgan fingerprint density at radius 1 is 1.11 bits per heavy atom. The normalized spacial score (nSPS) is 12.9. The fourth-order valence-electron chi connectivity index (χ4n) is 2.51. The van der Waals surface area contributed by atoms with Gasteiger partial charge in [-0.2, -0.15) is 0 Å². The molecule has 8 heteroatoms. The van der Waals surface area contributed by atoms with Crippen molar-refractivity contribution in [1.29, 1.82) is 0 Å². The van der Waals surface area contributed by atoms with Gasteiger partial charge >= 0.3 is 13.2 Å². The molecule has 1 heterocycles. The Labute approximate surface area is 166 Å². The van der Waals surface area contributed by atoms with Gasteiger partial charge in [-0.05, 0) is 66.7 Å². The lowest BCUT2D eigenvalue weighted by molar-refractivity contribution is -0.0982. The van der Waals surface area contributed by atoms with Crippen molar-refractivity contribution in [2.45, 2.75) is 65.3 Å². The summed E-state index contributed by atoms with van der Waals surface area (Å²) in [6.45, 7) is 11.9. The van der Waals surface area contributed by atoms with Crippen molar-refractivity contribution in [3.8, 4) is 5.75 Å². The fourth-order valence-corrected chi connectivity index (χ4v) is 2.51. The summed E-state index contributed by atoms with van der Waals surface area (Å²) in [4.78, 5) is 12.7. The average Bonchev–Trinajstić information content (AvgIpc) is 2.90. The minimum Gasteiger partial charge on any atom is -0.497 e. The van der Waals surface area contributed by atoms with Crippen LogP contribution in [0, 0.1) is 0 Å². The lowest BCUT2D eigenvalue weighted by atomic mass is 9.76. The second kappa shape index (κ2) is 7.42. The van der Waals surface area contributed by atoms with Crippen LogP contribution in [0.3, 0.4) is 0 Å². The van der Waals surface area contributed by atoms with Gasteiger partial charge in [0.2, 0.25) is 0 Å². The molecule has 7 nitrogen and oxygen atoms in total. The van der Waals surface area contributed by atoms with E-state index >= 15 is 0 Å². The van der Waals surface area contributed by atoms with E-state index in [1.807, 2.05) is 0 Å². The zero-order valence-electron chi connectivity index (χ0n) is 17.9. The van der Waals surface area contributed by atoms with E-state index in [-0.39, 0.29) is 0 Å². The monoisotopic (exact) mass is 391 g/mol. The highest BCUT2D eigenvalue weighted by Crippen LogP contribution is 2.27. The van der Waals surface area contributed by atoms with E-state index in [1.54, 1.807) is 66.7 Å². The minimum atomic E-state index is -1.38. The molecule has 0 aliphatic rings. The van der Waals surface area contributed by atoms with Crippen molar-refractivity contribution in [2.24, 2.45) is 0 Å². The second-order valence-corrected chi connectivity index (χ2v) is 8.86. The molecule has 0 saturated carbocycles. The van der Waals surface area contributed by atoms with Gasteiger partial charge in [0.25, 0.3) is 0 Å². The fraction of sp³-hybridized carbons (Fsp3) is 0.550. The number of aliphatic hydroxyl groups is 1. The van der Waals surface area contributed by atoms with E-state index in [9.17, 15) is 14.9 Å². The SMILES string of the molecule is COc1ccc2c(c1)c(B(O)OC(C)(C)C(C)(C)O)cn2C(=O)OC(C)(C)C. The summed E-state index contributed by atoms with van der Waals surface area (Å²) < 4.78 is 17.8. The molecule has 0 bridgehead atoms. The zero-order valence-corrected chi connectivity index (χ0v) is 17.9. The summed E-state index contributed by atoms with van der Waals surface area (Å²) in [5, 5.41) is 21.7. The van der Waals surface area contributed by atoms with E-state index in [1.165, 1.54) is 17.9 Å². The number of carbonyl (C=O) groups is 1. The molecule has 0 aliphatic carbocycles. The summed E-state index contributed by atoms with van der Waals surface area (Å²) in [6, 6.07) is 5.16. The maximum atomic E-state index is 12.7. The molecular weight excluding hydrogens is 361 g/mol. The Morgan fingerprint density at radius 3 is 2.21 bits per heavy atom. The molecular formula is C20H30BNO6. The predicted octanol–water partition coefficient (Wildman–Crippen LogP) is 2.69. The lowest BCUT2D eigenvalue weighted by Gasteiger charge is -2.38. The molecule has 1 aromatic carbocycles. The van der Waals surface area contributed by atoms with Crippen LogP contribution >= 0.6 is 0 Å². The average molecular weight is 391 g/mol. The van der Waals surface area contributed by atoms with Gasteiger partial charge in [0.15, 0.2) is 0 Å². The number of ether oxygens (including phenoxy) is 2. The van der Waals surface area contributed by atoms with Gasteiger partial charge in [0.1, 0.15) is 11.4 Å². The molecule has 0 atom stereocenters. The highest BCUT2D eigenvalue weighted by molar-refractivity contribution is 6.63. The number of fused-ring (bicyclic) bond motifs is 1. The molecule has 0 unspecified atom stereocenters. The standard InChI is InChI=1S/C20H30BNO6/c1-18(2,3)27-17(23)22-12-15(14-11-13(26-8)9-10-16(14)22)21(25)28-20(6,7)19(4,5)24/h9-12,24-25H,1-8H3. The first-order chi connectivity index (χ1) is 12.7. The molecule has 28 heavy (non-hydrogen) atoms. The minimum absolute atomic E-state index is 0.372. The van der Waals surface area contributed by atoms with Crippen LogP contribution < -0.4 is 10.2 Å². The van der Waals surface area contributed by atoms with Crippen molar-refractivity contribution >= 4 is 29.6 Å². The Kier molecular flexibility index (Phi) is 5.90. The van der Waals surface area contributed by atoms with Crippen molar-refractivity contribution < 1.29 is 29.1 Å². The van der Waals surface area contributed by atoms with Crippen LogP contribution in [0.4, 0.5) is 4.79 Å². The van der Waals surface area contributed by atoms with Crippen molar-refractivity contribution in [3.05, 3.63) is 24.4 Å². The summed E-state index contributed by atoms with van der Waals surface area (Å²) >= 11 is 0. The van der Waals surface area contributed by atoms with Gasteiger partial charge in [-0.15, -0.1) is 0 Å². The number of hydrogen-bond acceptors (Lipinski definition) is 6. The number of hydrogen-bond donors (Lipinski definition) is 2. The lowest BCUT2D eigenvalue weighted by Crippen LogP contribution is -2.53. The Hall–Kier alpha value is -2.03. The van der Waals surface area contributed by atoms with Gasteiger partial charge in [-0.3, -0.25) is 4.57 Å². The Morgan fingerprint density at radius 2 is 1.71 bits per heavy atom. The number of methoxy groups -OCH3 is 1. The molecule has 1 aromatic heterocycles. The molecule has 0 spiro atoms. The first-order valence-corrected chi connectivity index (χ1v) is 9.17. The van der Waals surface area contributed by atoms with Gasteiger partial charge in [0.05, 0.1) is 23.8 Å². The summed E-state index contributed by atoms with van der Waals surface area (Å²) in [5.41, 5.74) is -2.00. The first kappa shape index (κ1) is 22.3. The number of rotatable bonds is 5. The molecule has 2 aromatic rings. The second-order valence-electron chi connectivity index (χ2n) is 8.86. The van der Waals surface area contributed by atoms with Crippen LogP contribution in [0.5, 0.6) is 5.75 Å². The van der Waals surface area contributed by atoms with E-state index < -0.39 is 30.0 Å². The van der Waals surface area contributed by atoms with E-state index in [0.29, 0.717) is 22.1 Å². The third kappa shape index (κ3) is 4.68. The van der Waals surface area contributed by atoms with Crippen molar-refractivity contribution in [2.75, 3.05) is 7.11 Å². The summed E-state index contributed by atoms with van der Waals surface area (Å²) in [5.74, 6) is 0.574. The first-order valence-electron chi connectivity index (χ1n) is 9.17. The number of benzene rings is 1. The van der Waals surface area contributed by atoms with Gasteiger partial charge < -0.3 is 24.3 Å². The maximum Gasteiger partial charge on any atom is 0.493 e. The largest absolute Gasteiger partial charge is 0.497 e. The molecule has 0 saturated heterocycles. The molecule has 0 fully saturated rings. The molecule has 0 amide bonds. The van der Waals surface area contributed by atoms with E-state index in [2.05, 4.69) is 0 Å². The van der Waals surface area contributed by atoms with Gasteiger partial charge in [-0.1, -0.05) is 0 Å². The summed E-state index contributed by atoms with van der Waals surface area (Å²) in [6.07, 6.45) is 0.923. The number of nitrogens with zero attached hydrogens (tertiary/aromatic N) is 1. The van der Waals surface area contributed by atoms with Crippen LogP contribution in [0.2, 0.25) is 0 Å². The van der Waals surface area contributed by atoms with Crippen molar-refractivity contribution in [1.82, 2.24) is 4.57 Å². The topological polar surface area (TPSA) is 90.2 Å². The number of carbonyl (C=O) groups excluding carboxylic acids is 1.